The Kier molecular flexibility index (Phi) is 3.15. The van der Waals surface area contributed by atoms with Gasteiger partial charge in [0.2, 0.25) is 0 Å². The van der Waals surface area contributed by atoms with E-state index in [2.05, 4.69) is 16.0 Å². The molecule has 22 heavy (non-hydrogen) atoms. The number of benzene rings is 1. The van der Waals surface area contributed by atoms with Crippen molar-refractivity contribution in [1.82, 2.24) is 9.88 Å². The fraction of sp³-hybridized carbons (Fsp3) is 0.389. The third-order valence-corrected chi connectivity index (χ3v) is 5.16. The Labute approximate surface area is 129 Å². The summed E-state index contributed by atoms with van der Waals surface area (Å²) in [7, 11) is 1.47. The molecule has 3 heterocycles. The average molecular weight is 298 g/mol. The number of rotatable bonds is 3. The van der Waals surface area contributed by atoms with Crippen LogP contribution in [-0.4, -0.2) is 36.6 Å². The molecule has 4 rings (SSSR count). The van der Waals surface area contributed by atoms with Gasteiger partial charge in [-0.3, -0.25) is 4.98 Å². The standard InChI is InChI=1S/C18H19FN2O/c1-22-17-5-2-13(10-15(17)19)16-4-3-14(11-20-16)18-6-8-21(12-18)9-7-18/h2-5,10-11H,6-9,12H2,1H3. The quantitative estimate of drug-likeness (QED) is 0.870. The Morgan fingerprint density at radius 3 is 2.55 bits per heavy atom. The van der Waals surface area contributed by atoms with E-state index in [0.29, 0.717) is 5.41 Å². The Morgan fingerprint density at radius 1 is 1.18 bits per heavy atom. The maximum atomic E-state index is 13.8. The van der Waals surface area contributed by atoms with Crippen LogP contribution in [-0.2, 0) is 5.41 Å². The molecule has 1 aromatic carbocycles. The fourth-order valence-electron chi connectivity index (χ4n) is 3.81. The maximum Gasteiger partial charge on any atom is 0.165 e. The fourth-order valence-corrected chi connectivity index (χ4v) is 3.81. The zero-order valence-electron chi connectivity index (χ0n) is 12.7. The Hall–Kier alpha value is -1.94. The highest BCUT2D eigenvalue weighted by atomic mass is 19.1. The minimum Gasteiger partial charge on any atom is -0.494 e. The van der Waals surface area contributed by atoms with Crippen LogP contribution in [0.4, 0.5) is 4.39 Å². The van der Waals surface area contributed by atoms with E-state index >= 15 is 0 Å². The van der Waals surface area contributed by atoms with Crippen LogP contribution in [0.15, 0.2) is 36.5 Å². The van der Waals surface area contributed by atoms with E-state index in [1.54, 1.807) is 6.07 Å². The molecule has 2 bridgehead atoms. The van der Waals surface area contributed by atoms with Crippen LogP contribution in [0.2, 0.25) is 0 Å². The number of ether oxygens (including phenoxy) is 1. The molecule has 2 saturated heterocycles. The van der Waals surface area contributed by atoms with Gasteiger partial charge in [0.15, 0.2) is 11.6 Å². The number of nitrogens with zero attached hydrogens (tertiary/aromatic N) is 2. The SMILES string of the molecule is COc1ccc(-c2ccc(C34CCN(CC3)C4)cn2)cc1F. The van der Waals surface area contributed by atoms with Gasteiger partial charge in [-0.1, -0.05) is 6.07 Å². The number of piperidine rings is 1. The van der Waals surface area contributed by atoms with Gasteiger partial charge in [0, 0.05) is 23.7 Å². The zero-order valence-corrected chi connectivity index (χ0v) is 12.7. The van der Waals surface area contributed by atoms with Gasteiger partial charge in [0.05, 0.1) is 12.8 Å². The first-order valence-corrected chi connectivity index (χ1v) is 7.73. The molecule has 0 amide bonds. The molecule has 0 aliphatic carbocycles. The van der Waals surface area contributed by atoms with Crippen molar-refractivity contribution >= 4 is 0 Å². The highest BCUT2D eigenvalue weighted by molar-refractivity contribution is 5.60. The molecule has 2 fully saturated rings. The second kappa shape index (κ2) is 5.06. The van der Waals surface area contributed by atoms with Gasteiger partial charge in [0.25, 0.3) is 0 Å². The molecule has 2 aliphatic rings. The van der Waals surface area contributed by atoms with Gasteiger partial charge in [-0.05, 0) is 55.8 Å². The average Bonchev–Trinajstić information content (AvgIpc) is 3.17. The van der Waals surface area contributed by atoms with Crippen molar-refractivity contribution in [2.75, 3.05) is 26.7 Å². The highest BCUT2D eigenvalue weighted by Gasteiger charge is 2.44. The molecule has 114 valence electrons. The topological polar surface area (TPSA) is 25.4 Å². The summed E-state index contributed by atoms with van der Waals surface area (Å²) >= 11 is 0. The number of methoxy groups -OCH3 is 1. The van der Waals surface area contributed by atoms with Crippen LogP contribution in [0.1, 0.15) is 18.4 Å². The number of fused-ring (bicyclic) bond motifs is 2. The van der Waals surface area contributed by atoms with Gasteiger partial charge in [-0.2, -0.15) is 0 Å². The lowest BCUT2D eigenvalue weighted by Gasteiger charge is -2.25. The molecule has 2 aromatic rings. The second-order valence-electron chi connectivity index (χ2n) is 6.34. The van der Waals surface area contributed by atoms with Gasteiger partial charge in [0.1, 0.15) is 0 Å². The van der Waals surface area contributed by atoms with Crippen LogP contribution < -0.4 is 4.74 Å². The lowest BCUT2D eigenvalue weighted by molar-refractivity contribution is 0.364. The van der Waals surface area contributed by atoms with E-state index in [4.69, 9.17) is 4.74 Å². The third kappa shape index (κ3) is 2.10. The summed E-state index contributed by atoms with van der Waals surface area (Å²) in [5.41, 5.74) is 3.21. The lowest BCUT2D eigenvalue weighted by Crippen LogP contribution is -2.24. The van der Waals surface area contributed by atoms with Crippen LogP contribution >= 0.6 is 0 Å². The summed E-state index contributed by atoms with van der Waals surface area (Å²) in [6.45, 7) is 3.56. The summed E-state index contributed by atoms with van der Waals surface area (Å²) in [5, 5.41) is 0. The minimum absolute atomic E-state index is 0.260. The van der Waals surface area contributed by atoms with Crippen LogP contribution in [0.25, 0.3) is 11.3 Å². The highest BCUT2D eigenvalue weighted by Crippen LogP contribution is 2.43. The summed E-state index contributed by atoms with van der Waals surface area (Å²) in [6, 6.07) is 9.14. The molecule has 0 N–H and O–H groups in total. The lowest BCUT2D eigenvalue weighted by atomic mass is 9.78. The van der Waals surface area contributed by atoms with E-state index in [1.807, 2.05) is 18.3 Å². The molecule has 2 aliphatic heterocycles. The van der Waals surface area contributed by atoms with Gasteiger partial charge in [-0.25, -0.2) is 4.39 Å². The predicted molar refractivity (Wildman–Crippen MR) is 83.5 cm³/mol. The monoisotopic (exact) mass is 298 g/mol. The van der Waals surface area contributed by atoms with Crippen molar-refractivity contribution in [3.8, 4) is 17.0 Å². The molecule has 0 saturated carbocycles. The molecule has 4 heteroatoms. The normalized spacial score (nSPS) is 26.4. The molecule has 0 spiro atoms. The smallest absolute Gasteiger partial charge is 0.165 e. The first-order valence-electron chi connectivity index (χ1n) is 7.73. The molecule has 3 nitrogen and oxygen atoms in total. The minimum atomic E-state index is -0.355. The van der Waals surface area contributed by atoms with Gasteiger partial charge >= 0.3 is 0 Å². The maximum absolute atomic E-state index is 13.8. The summed E-state index contributed by atoms with van der Waals surface area (Å²) in [5.74, 6) is -0.0945. The van der Waals surface area contributed by atoms with Gasteiger partial charge in [-0.15, -0.1) is 0 Å². The van der Waals surface area contributed by atoms with Crippen LogP contribution in [0, 0.1) is 5.82 Å². The number of hydrogen-bond acceptors (Lipinski definition) is 3. The molecule has 0 radical (unpaired) electrons. The summed E-state index contributed by atoms with van der Waals surface area (Å²) in [4.78, 5) is 7.10. The Morgan fingerprint density at radius 2 is 2.00 bits per heavy atom. The van der Waals surface area contributed by atoms with Crippen molar-refractivity contribution in [3.05, 3.63) is 47.9 Å². The largest absolute Gasteiger partial charge is 0.494 e. The van der Waals surface area contributed by atoms with E-state index in [-0.39, 0.29) is 11.6 Å². The van der Waals surface area contributed by atoms with Crippen molar-refractivity contribution in [2.45, 2.75) is 18.3 Å². The predicted octanol–water partition coefficient (Wildman–Crippen LogP) is 3.24. The molecular weight excluding hydrogens is 279 g/mol. The number of halogens is 1. The zero-order chi connectivity index (χ0) is 15.2. The van der Waals surface area contributed by atoms with Crippen molar-refractivity contribution in [1.29, 1.82) is 0 Å². The van der Waals surface area contributed by atoms with Crippen molar-refractivity contribution in [3.63, 3.8) is 0 Å². The van der Waals surface area contributed by atoms with Crippen LogP contribution in [0.3, 0.4) is 0 Å². The van der Waals surface area contributed by atoms with Gasteiger partial charge < -0.3 is 9.64 Å². The molecule has 0 unspecified atom stereocenters. The number of pyridine rings is 1. The number of hydrogen-bond donors (Lipinski definition) is 0. The first kappa shape index (κ1) is 13.7. The molecule has 1 aromatic heterocycles. The number of aromatic nitrogens is 1. The third-order valence-electron chi connectivity index (χ3n) is 5.16. The summed E-state index contributed by atoms with van der Waals surface area (Å²) < 4.78 is 18.8. The molecule has 0 atom stereocenters. The summed E-state index contributed by atoms with van der Waals surface area (Å²) in [6.07, 6.45) is 4.43. The van der Waals surface area contributed by atoms with E-state index in [1.165, 1.54) is 44.7 Å². The van der Waals surface area contributed by atoms with E-state index < -0.39 is 0 Å². The first-order chi connectivity index (χ1) is 10.7. The Bertz CT molecular complexity index is 691. The van der Waals surface area contributed by atoms with Crippen molar-refractivity contribution in [2.24, 2.45) is 0 Å². The van der Waals surface area contributed by atoms with Crippen LogP contribution in [0.5, 0.6) is 5.75 Å². The van der Waals surface area contributed by atoms with Crippen molar-refractivity contribution < 1.29 is 9.13 Å². The van der Waals surface area contributed by atoms with E-state index in [9.17, 15) is 4.39 Å². The second-order valence-corrected chi connectivity index (χ2v) is 6.34. The van der Waals surface area contributed by atoms with E-state index in [0.717, 1.165) is 17.8 Å². The Balaban J connectivity index is 1.63. The molecular formula is C18H19FN2O.